The zero-order valence-electron chi connectivity index (χ0n) is 22.0. The van der Waals surface area contributed by atoms with Crippen LogP contribution in [0.3, 0.4) is 0 Å². The lowest BCUT2D eigenvalue weighted by molar-refractivity contribution is -0.124. The number of nitrogens with zero attached hydrogens (tertiary/aromatic N) is 2. The number of anilines is 1. The van der Waals surface area contributed by atoms with Crippen molar-refractivity contribution in [1.29, 1.82) is 0 Å². The third-order valence-corrected chi connectivity index (χ3v) is 8.81. The van der Waals surface area contributed by atoms with E-state index in [1.54, 1.807) is 32.0 Å². The topological polar surface area (TPSA) is 124 Å². The minimum Gasteiger partial charge on any atom is -0.467 e. The number of methoxy groups -OCH3 is 1. The monoisotopic (exact) mass is 578 g/mol. The van der Waals surface area contributed by atoms with Gasteiger partial charge in [0.25, 0.3) is 0 Å². The first-order valence-corrected chi connectivity index (χ1v) is 14.2. The Labute approximate surface area is 234 Å². The van der Waals surface area contributed by atoms with E-state index >= 15 is 0 Å². The highest BCUT2D eigenvalue weighted by Crippen LogP contribution is 2.33. The number of halogens is 2. The van der Waals surface area contributed by atoms with Crippen LogP contribution in [0.5, 0.6) is 6.01 Å². The van der Waals surface area contributed by atoms with E-state index in [-0.39, 0.29) is 18.2 Å². The molecule has 3 aromatic rings. The third-order valence-electron chi connectivity index (χ3n) is 6.54. The fraction of sp³-hybridized carbons (Fsp3) is 0.370. The zero-order valence-corrected chi connectivity index (χ0v) is 24.3. The van der Waals surface area contributed by atoms with Crippen LogP contribution in [-0.4, -0.2) is 42.6 Å². The van der Waals surface area contributed by atoms with Crippen molar-refractivity contribution >= 4 is 44.8 Å². The number of hydrogen-bond donors (Lipinski definition) is 2. The molecule has 204 valence electrons. The third kappa shape index (κ3) is 7.02. The summed E-state index contributed by atoms with van der Waals surface area (Å²) in [4.78, 5) is 22.1. The molecule has 38 heavy (non-hydrogen) atoms. The second kappa shape index (κ2) is 11.6. The Morgan fingerprint density at radius 2 is 1.76 bits per heavy atom. The molecule has 0 saturated heterocycles. The molecule has 0 atom stereocenters. The predicted octanol–water partition coefficient (Wildman–Crippen LogP) is 5.42. The first-order chi connectivity index (χ1) is 17.6. The molecule has 11 heteroatoms. The lowest BCUT2D eigenvalue weighted by Gasteiger charge is -2.29. The summed E-state index contributed by atoms with van der Waals surface area (Å²) in [6.07, 6.45) is 0.439. The highest BCUT2D eigenvalue weighted by Gasteiger charge is 2.39. The van der Waals surface area contributed by atoms with Crippen molar-refractivity contribution in [2.75, 3.05) is 19.0 Å². The van der Waals surface area contributed by atoms with Crippen LogP contribution in [0.15, 0.2) is 48.5 Å². The van der Waals surface area contributed by atoms with Crippen molar-refractivity contribution in [2.45, 2.75) is 50.7 Å². The number of hydrogen-bond acceptors (Lipinski definition) is 7. The molecule has 0 radical (unpaired) electrons. The standard InChI is InChI=1S/C27H32Cl2N4O4S/c1-26(2,38(30,35)36)16-23(34)27(3,4)19-8-6-7-18(13-19)22-15-24(33-25(32-22)37-5)31-12-11-17-9-10-20(28)14-21(17)29/h6-10,13-15H,11-12,16H2,1-5H3,(H2,30,35,36)(H,31,32,33). The van der Waals surface area contributed by atoms with Crippen LogP contribution < -0.4 is 15.2 Å². The van der Waals surface area contributed by atoms with E-state index in [0.29, 0.717) is 34.5 Å². The maximum atomic E-state index is 13.2. The Bertz CT molecular complexity index is 1440. The second-order valence-corrected chi connectivity index (χ2v) is 13.2. The molecule has 8 nitrogen and oxygen atoms in total. The summed E-state index contributed by atoms with van der Waals surface area (Å²) in [6.45, 7) is 7.00. The van der Waals surface area contributed by atoms with E-state index in [4.69, 9.17) is 33.1 Å². The molecule has 0 bridgehead atoms. The normalized spacial score (nSPS) is 12.3. The summed E-state index contributed by atoms with van der Waals surface area (Å²) in [5.41, 5.74) is 2.05. The molecule has 0 amide bonds. The average Bonchev–Trinajstić information content (AvgIpc) is 2.84. The fourth-order valence-electron chi connectivity index (χ4n) is 3.74. The van der Waals surface area contributed by atoms with Crippen molar-refractivity contribution in [1.82, 2.24) is 9.97 Å². The van der Waals surface area contributed by atoms with Gasteiger partial charge in [-0.3, -0.25) is 4.79 Å². The van der Waals surface area contributed by atoms with Crippen LogP contribution in [0.1, 0.15) is 45.2 Å². The molecular weight excluding hydrogens is 547 g/mol. The Balaban J connectivity index is 1.84. The summed E-state index contributed by atoms with van der Waals surface area (Å²) in [7, 11) is -2.42. The van der Waals surface area contributed by atoms with Gasteiger partial charge < -0.3 is 10.1 Å². The van der Waals surface area contributed by atoms with E-state index in [1.165, 1.54) is 21.0 Å². The van der Waals surface area contributed by atoms with E-state index in [1.807, 2.05) is 30.3 Å². The molecule has 3 N–H and O–H groups in total. The van der Waals surface area contributed by atoms with Gasteiger partial charge in [0.15, 0.2) is 0 Å². The van der Waals surface area contributed by atoms with E-state index in [9.17, 15) is 13.2 Å². The Morgan fingerprint density at radius 1 is 1.05 bits per heavy atom. The molecule has 0 aliphatic heterocycles. The first-order valence-electron chi connectivity index (χ1n) is 11.9. The van der Waals surface area contributed by atoms with Crippen molar-refractivity contribution in [2.24, 2.45) is 5.14 Å². The van der Waals surface area contributed by atoms with Crippen LogP contribution in [0.2, 0.25) is 10.0 Å². The first kappa shape index (κ1) is 29.8. The largest absolute Gasteiger partial charge is 0.467 e. The Morgan fingerprint density at radius 3 is 2.39 bits per heavy atom. The molecule has 0 fully saturated rings. The maximum Gasteiger partial charge on any atom is 0.318 e. The quantitative estimate of drug-likeness (QED) is 0.311. The highest BCUT2D eigenvalue weighted by molar-refractivity contribution is 7.90. The minimum atomic E-state index is -3.91. The molecule has 0 spiro atoms. The SMILES string of the molecule is COc1nc(NCCc2ccc(Cl)cc2Cl)cc(-c2cccc(C(C)(C)C(=O)CC(C)(C)S(N)(=O)=O)c2)n1. The molecule has 0 unspecified atom stereocenters. The highest BCUT2D eigenvalue weighted by atomic mass is 35.5. The van der Waals surface area contributed by atoms with Gasteiger partial charge >= 0.3 is 6.01 Å². The number of aromatic nitrogens is 2. The summed E-state index contributed by atoms with van der Waals surface area (Å²) in [5.74, 6) is 0.324. The smallest absolute Gasteiger partial charge is 0.318 e. The number of ketones is 1. The molecule has 0 aliphatic rings. The number of ether oxygens (including phenoxy) is 1. The molecule has 2 aromatic carbocycles. The van der Waals surface area contributed by atoms with Gasteiger partial charge in [0.05, 0.1) is 17.6 Å². The van der Waals surface area contributed by atoms with Crippen molar-refractivity contribution < 1.29 is 17.9 Å². The van der Waals surface area contributed by atoms with Crippen LogP contribution in [0.4, 0.5) is 5.82 Å². The molecule has 1 aromatic heterocycles. The van der Waals surface area contributed by atoms with Crippen LogP contribution in [0, 0.1) is 0 Å². The van der Waals surface area contributed by atoms with Gasteiger partial charge in [-0.1, -0.05) is 47.5 Å². The van der Waals surface area contributed by atoms with Gasteiger partial charge in [0.2, 0.25) is 10.0 Å². The molecule has 0 aliphatic carbocycles. The molecular formula is C27H32Cl2N4O4S. The van der Waals surface area contributed by atoms with Gasteiger partial charge in [-0.25, -0.2) is 13.6 Å². The minimum absolute atomic E-state index is 0.185. The summed E-state index contributed by atoms with van der Waals surface area (Å²) < 4.78 is 27.8. The number of benzene rings is 2. The number of carbonyl (C=O) groups is 1. The van der Waals surface area contributed by atoms with E-state index < -0.39 is 20.2 Å². The zero-order chi connectivity index (χ0) is 28.3. The van der Waals surface area contributed by atoms with Crippen LogP contribution >= 0.6 is 23.2 Å². The maximum absolute atomic E-state index is 13.2. The predicted molar refractivity (Wildman–Crippen MR) is 153 cm³/mol. The second-order valence-electron chi connectivity index (χ2n) is 10.1. The van der Waals surface area contributed by atoms with Gasteiger partial charge in [-0.15, -0.1) is 0 Å². The number of nitrogens with two attached hydrogens (primary N) is 1. The van der Waals surface area contributed by atoms with Crippen molar-refractivity contribution in [3.63, 3.8) is 0 Å². The number of rotatable bonds is 11. The van der Waals surface area contributed by atoms with E-state index in [2.05, 4.69) is 15.3 Å². The van der Waals surface area contributed by atoms with Crippen LogP contribution in [0.25, 0.3) is 11.3 Å². The number of primary sulfonamides is 1. The lowest BCUT2D eigenvalue weighted by atomic mass is 9.77. The lowest BCUT2D eigenvalue weighted by Crippen LogP contribution is -2.43. The van der Waals surface area contributed by atoms with Crippen LogP contribution in [-0.2, 0) is 26.7 Å². The summed E-state index contributed by atoms with van der Waals surface area (Å²) >= 11 is 12.3. The Kier molecular flexibility index (Phi) is 9.08. The molecule has 1 heterocycles. The number of sulfonamides is 1. The van der Waals surface area contributed by atoms with Gasteiger partial charge in [-0.2, -0.15) is 9.97 Å². The van der Waals surface area contributed by atoms with E-state index in [0.717, 1.165) is 16.7 Å². The number of nitrogens with one attached hydrogen (secondary N) is 1. The fourth-order valence-corrected chi connectivity index (χ4v) is 4.58. The summed E-state index contributed by atoms with van der Waals surface area (Å²) in [5, 5.41) is 9.80. The van der Waals surface area contributed by atoms with Crippen molar-refractivity contribution in [3.8, 4) is 17.3 Å². The number of carbonyl (C=O) groups excluding carboxylic acids is 1. The molecule has 0 saturated carbocycles. The average molecular weight is 580 g/mol. The number of Topliss-reactive ketones (excluding diaryl/α,β-unsaturated/α-hetero) is 1. The molecule has 3 rings (SSSR count). The summed E-state index contributed by atoms with van der Waals surface area (Å²) in [6, 6.07) is 14.8. The van der Waals surface area contributed by atoms with Gasteiger partial charge in [0, 0.05) is 40.1 Å². The van der Waals surface area contributed by atoms with Gasteiger partial charge in [-0.05, 0) is 63.4 Å². The van der Waals surface area contributed by atoms with Crippen molar-refractivity contribution in [3.05, 3.63) is 69.7 Å². The Hall–Kier alpha value is -2.72. The van der Waals surface area contributed by atoms with Gasteiger partial charge in [0.1, 0.15) is 11.6 Å².